The summed E-state index contributed by atoms with van der Waals surface area (Å²) in [6, 6.07) is 0. The quantitative estimate of drug-likeness (QED) is 0.280. The Morgan fingerprint density at radius 1 is 1.36 bits per heavy atom. The Balaban J connectivity index is 0.00000441. The fraction of sp³-hybridized carbons (Fsp3) is 0.867. The summed E-state index contributed by atoms with van der Waals surface area (Å²) < 4.78 is 5.25. The second-order valence-corrected chi connectivity index (χ2v) is 5.46. The second kappa shape index (κ2) is 12.9. The number of halogens is 1. The highest BCUT2D eigenvalue weighted by atomic mass is 127. The van der Waals surface area contributed by atoms with Crippen molar-refractivity contribution in [3.63, 3.8) is 0 Å². The minimum Gasteiger partial charge on any atom is -0.380 e. The van der Waals surface area contributed by atoms with Crippen molar-refractivity contribution in [3.05, 3.63) is 0 Å². The lowest BCUT2D eigenvalue weighted by atomic mass is 10.00. The van der Waals surface area contributed by atoms with Crippen LogP contribution in [-0.2, 0) is 9.53 Å². The molecule has 1 aliphatic heterocycles. The number of hydrogen-bond acceptors (Lipinski definition) is 3. The van der Waals surface area contributed by atoms with Crippen molar-refractivity contribution >= 4 is 35.8 Å². The molecule has 1 rings (SSSR count). The maximum Gasteiger partial charge on any atom is 0.224 e. The van der Waals surface area contributed by atoms with Gasteiger partial charge in [-0.3, -0.25) is 9.79 Å². The van der Waals surface area contributed by atoms with Crippen LogP contribution < -0.4 is 10.6 Å². The molecule has 6 nitrogen and oxygen atoms in total. The van der Waals surface area contributed by atoms with E-state index in [9.17, 15) is 4.79 Å². The van der Waals surface area contributed by atoms with Crippen LogP contribution in [0.25, 0.3) is 0 Å². The van der Waals surface area contributed by atoms with E-state index in [1.807, 2.05) is 11.8 Å². The minimum atomic E-state index is 0. The Kier molecular flexibility index (Phi) is 12.6. The van der Waals surface area contributed by atoms with Crippen molar-refractivity contribution in [1.29, 1.82) is 0 Å². The van der Waals surface area contributed by atoms with Gasteiger partial charge in [0.25, 0.3) is 0 Å². The van der Waals surface area contributed by atoms with E-state index in [0.29, 0.717) is 32.0 Å². The molecule has 0 bridgehead atoms. The van der Waals surface area contributed by atoms with Crippen LogP contribution in [0.15, 0.2) is 4.99 Å². The largest absolute Gasteiger partial charge is 0.380 e. The van der Waals surface area contributed by atoms with E-state index in [4.69, 9.17) is 4.74 Å². The lowest BCUT2D eigenvalue weighted by molar-refractivity contribution is -0.132. The van der Waals surface area contributed by atoms with Gasteiger partial charge in [0.2, 0.25) is 5.91 Å². The number of carbonyl (C=O) groups excluding carboxylic acids is 1. The number of likely N-dealkylation sites (tertiary alicyclic amines) is 1. The number of hydrogen-bond donors (Lipinski definition) is 2. The molecule has 1 saturated heterocycles. The van der Waals surface area contributed by atoms with Crippen molar-refractivity contribution in [2.45, 2.75) is 33.1 Å². The number of guanidine groups is 1. The highest BCUT2D eigenvalue weighted by Gasteiger charge is 2.20. The number of carbonyl (C=O) groups is 1. The molecule has 0 radical (unpaired) electrons. The summed E-state index contributed by atoms with van der Waals surface area (Å²) in [6.07, 6.45) is 2.87. The highest BCUT2D eigenvalue weighted by Crippen LogP contribution is 2.15. The second-order valence-electron chi connectivity index (χ2n) is 5.46. The normalized spacial score (nSPS) is 18.6. The topological polar surface area (TPSA) is 66.0 Å². The Morgan fingerprint density at radius 3 is 2.73 bits per heavy atom. The summed E-state index contributed by atoms with van der Waals surface area (Å²) in [4.78, 5) is 18.2. The van der Waals surface area contributed by atoms with Gasteiger partial charge < -0.3 is 20.3 Å². The molecule has 0 aromatic heterocycles. The van der Waals surface area contributed by atoms with Gasteiger partial charge >= 0.3 is 0 Å². The summed E-state index contributed by atoms with van der Waals surface area (Å²) in [5.41, 5.74) is 0. The fourth-order valence-corrected chi connectivity index (χ4v) is 2.47. The molecule has 0 saturated carbocycles. The Hall–Kier alpha value is -0.570. The lowest BCUT2D eigenvalue weighted by Crippen LogP contribution is -2.43. The Morgan fingerprint density at radius 2 is 2.09 bits per heavy atom. The van der Waals surface area contributed by atoms with Gasteiger partial charge in [0, 0.05) is 46.3 Å². The van der Waals surface area contributed by atoms with Gasteiger partial charge in [0.05, 0.1) is 6.61 Å². The molecule has 1 fully saturated rings. The molecule has 22 heavy (non-hydrogen) atoms. The van der Waals surface area contributed by atoms with Crippen LogP contribution >= 0.6 is 24.0 Å². The van der Waals surface area contributed by atoms with Crippen LogP contribution in [0.3, 0.4) is 0 Å². The monoisotopic (exact) mass is 426 g/mol. The minimum absolute atomic E-state index is 0. The molecule has 0 spiro atoms. The molecule has 1 atom stereocenters. The average molecular weight is 426 g/mol. The first-order valence-corrected chi connectivity index (χ1v) is 7.97. The summed E-state index contributed by atoms with van der Waals surface area (Å²) in [5.74, 6) is 1.58. The third-order valence-electron chi connectivity index (χ3n) is 3.61. The number of piperidine rings is 1. The van der Waals surface area contributed by atoms with Crippen LogP contribution in [0, 0.1) is 5.92 Å². The lowest BCUT2D eigenvalue weighted by Gasteiger charge is -2.31. The first-order valence-electron chi connectivity index (χ1n) is 7.97. The molecule has 7 heteroatoms. The van der Waals surface area contributed by atoms with Gasteiger partial charge in [0.15, 0.2) is 5.96 Å². The molecule has 1 heterocycles. The van der Waals surface area contributed by atoms with Crippen LogP contribution in [0.1, 0.15) is 33.1 Å². The van der Waals surface area contributed by atoms with E-state index in [2.05, 4.69) is 22.5 Å². The zero-order valence-electron chi connectivity index (χ0n) is 14.1. The highest BCUT2D eigenvalue weighted by molar-refractivity contribution is 14.0. The maximum atomic E-state index is 12.1. The standard InChI is InChI=1S/C15H30N4O2.HI/c1-4-21-11-9-18-15(16-3)17-8-7-14(20)19-10-5-6-13(2)12-19;/h13H,4-12H2,1-3H3,(H2,16,17,18);1H. The molecule has 0 aromatic rings. The van der Waals surface area contributed by atoms with Gasteiger partial charge in [-0.15, -0.1) is 24.0 Å². The molecular formula is C15H31IN4O2. The first-order chi connectivity index (χ1) is 10.2. The number of nitrogens with one attached hydrogen (secondary N) is 2. The molecule has 1 aliphatic rings. The van der Waals surface area contributed by atoms with Crippen molar-refractivity contribution in [2.75, 3.05) is 46.4 Å². The smallest absolute Gasteiger partial charge is 0.224 e. The molecule has 130 valence electrons. The first kappa shape index (κ1) is 21.4. The van der Waals surface area contributed by atoms with Gasteiger partial charge in [-0.25, -0.2) is 0 Å². The van der Waals surface area contributed by atoms with Gasteiger partial charge in [-0.2, -0.15) is 0 Å². The van der Waals surface area contributed by atoms with Gasteiger partial charge in [-0.05, 0) is 25.7 Å². The van der Waals surface area contributed by atoms with Gasteiger partial charge in [0.1, 0.15) is 0 Å². The third-order valence-corrected chi connectivity index (χ3v) is 3.61. The summed E-state index contributed by atoms with van der Waals surface area (Å²) in [7, 11) is 1.73. The third kappa shape index (κ3) is 8.77. The van der Waals surface area contributed by atoms with Crippen molar-refractivity contribution in [3.8, 4) is 0 Å². The number of aliphatic imine (C=N–C) groups is 1. The predicted octanol–water partition coefficient (Wildman–Crippen LogP) is 1.45. The summed E-state index contributed by atoms with van der Waals surface area (Å²) in [6.45, 7) is 8.69. The number of nitrogens with zero attached hydrogens (tertiary/aromatic N) is 2. The van der Waals surface area contributed by atoms with Crippen molar-refractivity contribution in [2.24, 2.45) is 10.9 Å². The zero-order valence-corrected chi connectivity index (χ0v) is 16.4. The van der Waals surface area contributed by atoms with Crippen molar-refractivity contribution in [1.82, 2.24) is 15.5 Å². The number of amides is 1. The van der Waals surface area contributed by atoms with Crippen molar-refractivity contribution < 1.29 is 9.53 Å². The SMILES string of the molecule is CCOCCNC(=NC)NCCC(=O)N1CCCC(C)C1.I. The van der Waals surface area contributed by atoms with Crippen LogP contribution in [-0.4, -0.2) is 63.2 Å². The zero-order chi connectivity index (χ0) is 15.5. The Bertz CT molecular complexity index is 340. The molecular weight excluding hydrogens is 395 g/mol. The van der Waals surface area contributed by atoms with E-state index in [-0.39, 0.29) is 29.9 Å². The average Bonchev–Trinajstić information content (AvgIpc) is 2.49. The summed E-state index contributed by atoms with van der Waals surface area (Å²) >= 11 is 0. The maximum absolute atomic E-state index is 12.1. The predicted molar refractivity (Wildman–Crippen MR) is 101 cm³/mol. The molecule has 1 unspecified atom stereocenters. The fourth-order valence-electron chi connectivity index (χ4n) is 2.47. The molecule has 0 aromatic carbocycles. The van der Waals surface area contributed by atoms with E-state index in [0.717, 1.165) is 32.1 Å². The van der Waals surface area contributed by atoms with E-state index in [1.165, 1.54) is 6.42 Å². The molecule has 2 N–H and O–H groups in total. The van der Waals surface area contributed by atoms with Crippen LogP contribution in [0.2, 0.25) is 0 Å². The Labute approximate surface area is 151 Å². The number of rotatable bonds is 7. The molecule has 1 amide bonds. The van der Waals surface area contributed by atoms with E-state index in [1.54, 1.807) is 7.05 Å². The van der Waals surface area contributed by atoms with Gasteiger partial charge in [-0.1, -0.05) is 6.92 Å². The van der Waals surface area contributed by atoms with Crippen LogP contribution in [0.5, 0.6) is 0 Å². The van der Waals surface area contributed by atoms with E-state index >= 15 is 0 Å². The molecule has 0 aliphatic carbocycles. The summed E-state index contributed by atoms with van der Waals surface area (Å²) in [5, 5.41) is 6.32. The van der Waals surface area contributed by atoms with E-state index < -0.39 is 0 Å². The number of ether oxygens (including phenoxy) is 1. The van der Waals surface area contributed by atoms with Crippen LogP contribution in [0.4, 0.5) is 0 Å².